The zero-order chi connectivity index (χ0) is 14.3. The van der Waals surface area contributed by atoms with Crippen LogP contribution in [0.4, 0.5) is 5.69 Å². The highest BCUT2D eigenvalue weighted by atomic mass is 16.2. The molecule has 1 aromatic carbocycles. The third-order valence-corrected chi connectivity index (χ3v) is 3.88. The minimum absolute atomic E-state index is 0.0255. The van der Waals surface area contributed by atoms with E-state index in [2.05, 4.69) is 29.1 Å². The van der Waals surface area contributed by atoms with Gasteiger partial charge in [0.05, 0.1) is 5.52 Å². The third-order valence-electron chi connectivity index (χ3n) is 3.88. The monoisotopic (exact) mass is 273 g/mol. The maximum atomic E-state index is 12.7. The van der Waals surface area contributed by atoms with Gasteiger partial charge in [-0.2, -0.15) is 5.10 Å². The van der Waals surface area contributed by atoms with E-state index in [1.54, 1.807) is 12.1 Å². The molecule has 1 atom stereocenters. The van der Waals surface area contributed by atoms with Gasteiger partial charge < -0.3 is 15.5 Å². The second-order valence-electron chi connectivity index (χ2n) is 5.49. The molecule has 1 aliphatic heterocycles. The summed E-state index contributed by atoms with van der Waals surface area (Å²) in [5, 5.41) is 7.87. The number of nitrogens with zero attached hydrogens (tertiary/aromatic N) is 3. The minimum Gasteiger partial charge on any atom is -0.399 e. The number of carbonyl (C=O) groups is 1. The van der Waals surface area contributed by atoms with Crippen LogP contribution in [0.5, 0.6) is 0 Å². The van der Waals surface area contributed by atoms with E-state index in [1.807, 2.05) is 11.0 Å². The average Bonchev–Trinajstić information content (AvgIpc) is 2.81. The van der Waals surface area contributed by atoms with Crippen molar-refractivity contribution in [1.29, 1.82) is 0 Å². The maximum absolute atomic E-state index is 12.7. The molecule has 0 aliphatic carbocycles. The van der Waals surface area contributed by atoms with Crippen LogP contribution in [-0.4, -0.2) is 58.6 Å². The molecule has 1 amide bonds. The zero-order valence-electron chi connectivity index (χ0n) is 11.8. The number of anilines is 1. The predicted molar refractivity (Wildman–Crippen MR) is 78.5 cm³/mol. The van der Waals surface area contributed by atoms with E-state index in [1.165, 1.54) is 0 Å². The van der Waals surface area contributed by atoms with Gasteiger partial charge in [0.1, 0.15) is 0 Å². The molecule has 6 nitrogen and oxygen atoms in total. The number of piperazine rings is 1. The molecular formula is C14H19N5O. The number of H-pyrrole nitrogens is 1. The molecule has 1 unspecified atom stereocenters. The molecule has 0 saturated carbocycles. The van der Waals surface area contributed by atoms with Gasteiger partial charge in [0.2, 0.25) is 0 Å². The van der Waals surface area contributed by atoms with Gasteiger partial charge in [0.25, 0.3) is 5.91 Å². The molecule has 0 radical (unpaired) electrons. The Morgan fingerprint density at radius 3 is 3.00 bits per heavy atom. The molecular weight excluding hydrogens is 254 g/mol. The molecule has 1 aliphatic rings. The Labute approximate surface area is 117 Å². The highest BCUT2D eigenvalue weighted by molar-refractivity contribution is 6.05. The Balaban J connectivity index is 1.94. The smallest absolute Gasteiger partial charge is 0.275 e. The Morgan fingerprint density at radius 1 is 1.45 bits per heavy atom. The van der Waals surface area contributed by atoms with Crippen LogP contribution in [0.3, 0.4) is 0 Å². The minimum atomic E-state index is -0.0255. The van der Waals surface area contributed by atoms with Gasteiger partial charge in [-0.15, -0.1) is 0 Å². The van der Waals surface area contributed by atoms with Crippen LogP contribution in [0, 0.1) is 0 Å². The first-order valence-corrected chi connectivity index (χ1v) is 6.79. The number of benzene rings is 1. The number of carbonyl (C=O) groups excluding carboxylic acids is 1. The van der Waals surface area contributed by atoms with Crippen molar-refractivity contribution in [2.75, 3.05) is 32.4 Å². The second kappa shape index (κ2) is 4.79. The van der Waals surface area contributed by atoms with E-state index in [0.717, 1.165) is 30.5 Å². The normalized spacial score (nSPS) is 20.5. The van der Waals surface area contributed by atoms with Crippen molar-refractivity contribution in [2.45, 2.75) is 13.0 Å². The number of rotatable bonds is 1. The van der Waals surface area contributed by atoms with Crippen molar-refractivity contribution in [3.05, 3.63) is 23.9 Å². The first-order chi connectivity index (χ1) is 9.56. The van der Waals surface area contributed by atoms with Crippen LogP contribution in [0.25, 0.3) is 10.9 Å². The van der Waals surface area contributed by atoms with Crippen molar-refractivity contribution in [2.24, 2.45) is 0 Å². The fourth-order valence-electron chi connectivity index (χ4n) is 2.77. The first kappa shape index (κ1) is 12.9. The highest BCUT2D eigenvalue weighted by Crippen LogP contribution is 2.21. The standard InChI is InChI=1S/C14H19N5O/c1-9-8-18(2)5-6-19(9)14(20)13-11-7-10(15)3-4-12(11)16-17-13/h3-4,7,9H,5-6,8,15H2,1-2H3,(H,16,17). The van der Waals surface area contributed by atoms with E-state index >= 15 is 0 Å². The van der Waals surface area contributed by atoms with Crippen LogP contribution in [0.15, 0.2) is 18.2 Å². The molecule has 1 fully saturated rings. The number of aromatic amines is 1. The molecule has 3 N–H and O–H groups in total. The molecule has 2 aromatic rings. The fraction of sp³-hybridized carbons (Fsp3) is 0.429. The number of nitrogen functional groups attached to an aromatic ring is 1. The van der Waals surface area contributed by atoms with E-state index in [0.29, 0.717) is 11.4 Å². The van der Waals surface area contributed by atoms with Crippen molar-refractivity contribution >= 4 is 22.5 Å². The lowest BCUT2D eigenvalue weighted by atomic mass is 10.1. The quantitative estimate of drug-likeness (QED) is 0.757. The lowest BCUT2D eigenvalue weighted by Gasteiger charge is -2.37. The summed E-state index contributed by atoms with van der Waals surface area (Å²) in [7, 11) is 2.07. The van der Waals surface area contributed by atoms with Crippen LogP contribution in [-0.2, 0) is 0 Å². The second-order valence-corrected chi connectivity index (χ2v) is 5.49. The highest BCUT2D eigenvalue weighted by Gasteiger charge is 2.28. The number of nitrogens with two attached hydrogens (primary N) is 1. The lowest BCUT2D eigenvalue weighted by Crippen LogP contribution is -2.52. The molecule has 0 spiro atoms. The van der Waals surface area contributed by atoms with Gasteiger partial charge in [-0.1, -0.05) is 0 Å². The van der Waals surface area contributed by atoms with Gasteiger partial charge in [-0.05, 0) is 32.2 Å². The summed E-state index contributed by atoms with van der Waals surface area (Å²) < 4.78 is 0. The molecule has 6 heteroatoms. The summed E-state index contributed by atoms with van der Waals surface area (Å²) in [5.41, 5.74) is 7.74. The van der Waals surface area contributed by atoms with Crippen molar-refractivity contribution < 1.29 is 4.79 Å². The Kier molecular flexibility index (Phi) is 3.10. The number of likely N-dealkylation sites (N-methyl/N-ethyl adjacent to an activating group) is 1. The summed E-state index contributed by atoms with van der Waals surface area (Å²) in [5.74, 6) is -0.0255. The van der Waals surface area contributed by atoms with Gasteiger partial charge in [-0.3, -0.25) is 9.89 Å². The fourth-order valence-corrected chi connectivity index (χ4v) is 2.77. The van der Waals surface area contributed by atoms with E-state index in [-0.39, 0.29) is 11.9 Å². The topological polar surface area (TPSA) is 78.2 Å². The van der Waals surface area contributed by atoms with E-state index < -0.39 is 0 Å². The number of aromatic nitrogens is 2. The van der Waals surface area contributed by atoms with Crippen molar-refractivity contribution in [3.63, 3.8) is 0 Å². The third kappa shape index (κ3) is 2.12. The number of hydrogen-bond donors (Lipinski definition) is 2. The number of amides is 1. The van der Waals surface area contributed by atoms with Crippen LogP contribution >= 0.6 is 0 Å². The molecule has 106 valence electrons. The largest absolute Gasteiger partial charge is 0.399 e. The van der Waals surface area contributed by atoms with Gasteiger partial charge in [0.15, 0.2) is 5.69 Å². The summed E-state index contributed by atoms with van der Waals surface area (Å²) in [6, 6.07) is 5.64. The van der Waals surface area contributed by atoms with Crippen molar-refractivity contribution in [1.82, 2.24) is 20.0 Å². The summed E-state index contributed by atoms with van der Waals surface area (Å²) >= 11 is 0. The lowest BCUT2D eigenvalue weighted by molar-refractivity contribution is 0.0529. The Hall–Kier alpha value is -2.08. The molecule has 1 saturated heterocycles. The van der Waals surface area contributed by atoms with Crippen molar-refractivity contribution in [3.8, 4) is 0 Å². The van der Waals surface area contributed by atoms with Crippen LogP contribution in [0.1, 0.15) is 17.4 Å². The zero-order valence-corrected chi connectivity index (χ0v) is 11.8. The van der Waals surface area contributed by atoms with E-state index in [9.17, 15) is 4.79 Å². The number of fused-ring (bicyclic) bond motifs is 1. The number of hydrogen-bond acceptors (Lipinski definition) is 4. The Morgan fingerprint density at radius 2 is 2.25 bits per heavy atom. The molecule has 1 aromatic heterocycles. The van der Waals surface area contributed by atoms with Gasteiger partial charge in [0, 0.05) is 36.7 Å². The summed E-state index contributed by atoms with van der Waals surface area (Å²) in [6.45, 7) is 4.57. The SMILES string of the molecule is CC1CN(C)CCN1C(=O)c1n[nH]c2ccc(N)cc12. The molecule has 0 bridgehead atoms. The van der Waals surface area contributed by atoms with Crippen LogP contribution < -0.4 is 5.73 Å². The summed E-state index contributed by atoms with van der Waals surface area (Å²) in [4.78, 5) is 16.8. The first-order valence-electron chi connectivity index (χ1n) is 6.79. The van der Waals surface area contributed by atoms with Gasteiger partial charge in [-0.25, -0.2) is 0 Å². The van der Waals surface area contributed by atoms with Gasteiger partial charge >= 0.3 is 0 Å². The Bertz CT molecular complexity index is 650. The van der Waals surface area contributed by atoms with Crippen LogP contribution in [0.2, 0.25) is 0 Å². The predicted octanol–water partition coefficient (Wildman–Crippen LogP) is 0.921. The molecule has 3 rings (SSSR count). The maximum Gasteiger partial charge on any atom is 0.275 e. The molecule has 20 heavy (non-hydrogen) atoms. The van der Waals surface area contributed by atoms with E-state index in [4.69, 9.17) is 5.73 Å². The number of nitrogens with one attached hydrogen (secondary N) is 1. The molecule has 2 heterocycles. The summed E-state index contributed by atoms with van der Waals surface area (Å²) in [6.07, 6.45) is 0. The average molecular weight is 273 g/mol.